The molecular weight excluding hydrogens is 622 g/mol. The van der Waals surface area contributed by atoms with Gasteiger partial charge in [0.05, 0.1) is 12.3 Å². The van der Waals surface area contributed by atoms with Gasteiger partial charge in [0.15, 0.2) is 17.9 Å². The molecular formula is C35H36BrN3O5. The molecule has 3 heterocycles. The van der Waals surface area contributed by atoms with Gasteiger partial charge in [0.1, 0.15) is 12.4 Å². The number of ether oxygens (including phenoxy) is 1. The monoisotopic (exact) mass is 657 g/mol. The molecule has 1 N–H and O–H groups in total. The van der Waals surface area contributed by atoms with E-state index in [2.05, 4.69) is 38.8 Å². The van der Waals surface area contributed by atoms with E-state index < -0.39 is 6.10 Å². The van der Waals surface area contributed by atoms with Gasteiger partial charge in [-0.1, -0.05) is 34.1 Å². The topological polar surface area (TPSA) is 96.1 Å². The summed E-state index contributed by atoms with van der Waals surface area (Å²) < 4.78 is 12.2. The summed E-state index contributed by atoms with van der Waals surface area (Å²) in [5.74, 6) is 1.59. The number of ketones is 1. The molecule has 1 aromatic heterocycles. The van der Waals surface area contributed by atoms with Gasteiger partial charge in [-0.2, -0.15) is 0 Å². The van der Waals surface area contributed by atoms with Gasteiger partial charge in [0.25, 0.3) is 5.91 Å². The standard InChI is InChI=1S/C35H36BrN3O5/c1-23-32-13-14-38(18-28(32)6-11-34(23)43-21-31-17-37-22-44-31)20-30(40)9-10-33(41)26-2-3-27-19-39(15-12-25(27)16-26)35(42)24-4-7-29(36)8-5-24/h2-8,11,16-17,22,30,40H,9-10,12-15,18-21H2,1H3/t30-/m0/s1. The molecule has 0 fully saturated rings. The van der Waals surface area contributed by atoms with Crippen molar-refractivity contribution in [2.75, 3.05) is 19.6 Å². The van der Waals surface area contributed by atoms with Gasteiger partial charge >= 0.3 is 0 Å². The van der Waals surface area contributed by atoms with Crippen molar-refractivity contribution >= 4 is 27.6 Å². The summed E-state index contributed by atoms with van der Waals surface area (Å²) in [6, 6.07) is 17.3. The van der Waals surface area contributed by atoms with Crippen LogP contribution < -0.4 is 4.74 Å². The van der Waals surface area contributed by atoms with Crippen LogP contribution in [0.1, 0.15) is 67.1 Å². The highest BCUT2D eigenvalue weighted by molar-refractivity contribution is 9.10. The average Bonchev–Trinajstić information content (AvgIpc) is 3.57. The van der Waals surface area contributed by atoms with E-state index in [1.807, 2.05) is 53.4 Å². The number of halogens is 1. The number of rotatable bonds is 10. The Balaban J connectivity index is 0.981. The van der Waals surface area contributed by atoms with E-state index in [4.69, 9.17) is 9.15 Å². The number of aliphatic hydroxyl groups is 1. The van der Waals surface area contributed by atoms with Gasteiger partial charge in [-0.25, -0.2) is 4.98 Å². The third kappa shape index (κ3) is 6.96. The number of aromatic nitrogens is 1. The van der Waals surface area contributed by atoms with Gasteiger partial charge < -0.3 is 19.2 Å². The Kier molecular flexibility index (Phi) is 9.25. The predicted molar refractivity (Wildman–Crippen MR) is 170 cm³/mol. The number of oxazole rings is 1. The van der Waals surface area contributed by atoms with Crippen molar-refractivity contribution in [3.8, 4) is 5.75 Å². The van der Waals surface area contributed by atoms with Gasteiger partial charge in [0.2, 0.25) is 0 Å². The van der Waals surface area contributed by atoms with E-state index in [0.29, 0.717) is 62.4 Å². The minimum Gasteiger partial charge on any atom is -0.485 e. The number of amides is 1. The number of β-amino-alcohol motifs (C(OH)–C–C–N with tert-alkyl or cyclic N) is 1. The Morgan fingerprint density at radius 2 is 1.80 bits per heavy atom. The summed E-state index contributed by atoms with van der Waals surface area (Å²) >= 11 is 3.41. The molecule has 6 rings (SSSR count). The van der Waals surface area contributed by atoms with E-state index in [1.165, 1.54) is 17.5 Å². The zero-order valence-electron chi connectivity index (χ0n) is 24.8. The Morgan fingerprint density at radius 3 is 2.59 bits per heavy atom. The lowest BCUT2D eigenvalue weighted by molar-refractivity contribution is 0.0734. The Bertz CT molecular complexity index is 1640. The fraction of sp³-hybridized carbons (Fsp3) is 0.343. The summed E-state index contributed by atoms with van der Waals surface area (Å²) in [5.41, 5.74) is 7.22. The fourth-order valence-corrected chi connectivity index (χ4v) is 6.42. The number of nitrogens with zero attached hydrogens (tertiary/aromatic N) is 3. The SMILES string of the molecule is Cc1c(OCc2cnco2)ccc2c1CCN(C[C@@H](O)CCC(=O)c1ccc3c(c1)CCN(C(=O)c1ccc(Br)cc1)C3)C2. The van der Waals surface area contributed by atoms with Gasteiger partial charge in [0, 0.05) is 54.7 Å². The maximum Gasteiger partial charge on any atom is 0.254 e. The Labute approximate surface area is 265 Å². The zero-order valence-corrected chi connectivity index (χ0v) is 26.4. The number of Topliss-reactive ketones (excluding diaryl/α,β-unsaturated/α-hetero) is 1. The van der Waals surface area contributed by atoms with Crippen LogP contribution >= 0.6 is 15.9 Å². The van der Waals surface area contributed by atoms with E-state index in [0.717, 1.165) is 46.4 Å². The molecule has 0 bridgehead atoms. The van der Waals surface area contributed by atoms with Gasteiger partial charge in [-0.15, -0.1) is 0 Å². The van der Waals surface area contributed by atoms with E-state index in [1.54, 1.807) is 6.20 Å². The average molecular weight is 659 g/mol. The summed E-state index contributed by atoms with van der Waals surface area (Å²) in [5, 5.41) is 10.8. The van der Waals surface area contributed by atoms with Crippen molar-refractivity contribution < 1.29 is 23.8 Å². The van der Waals surface area contributed by atoms with Crippen molar-refractivity contribution in [2.45, 2.75) is 58.4 Å². The summed E-state index contributed by atoms with van der Waals surface area (Å²) in [6.07, 6.45) is 4.78. The number of aliphatic hydroxyl groups excluding tert-OH is 1. The predicted octanol–water partition coefficient (Wildman–Crippen LogP) is 5.91. The lowest BCUT2D eigenvalue weighted by Gasteiger charge is -2.31. The molecule has 1 amide bonds. The van der Waals surface area contributed by atoms with E-state index >= 15 is 0 Å². The molecule has 0 unspecified atom stereocenters. The molecule has 228 valence electrons. The number of carbonyl (C=O) groups is 2. The van der Waals surface area contributed by atoms with Crippen LogP contribution in [0.25, 0.3) is 0 Å². The van der Waals surface area contributed by atoms with Crippen molar-refractivity contribution in [3.05, 3.63) is 116 Å². The smallest absolute Gasteiger partial charge is 0.254 e. The summed E-state index contributed by atoms with van der Waals surface area (Å²) in [4.78, 5) is 34.1. The summed E-state index contributed by atoms with van der Waals surface area (Å²) in [7, 11) is 0. The minimum absolute atomic E-state index is 0.0162. The van der Waals surface area contributed by atoms with Crippen LogP contribution in [0.4, 0.5) is 0 Å². The number of fused-ring (bicyclic) bond motifs is 2. The molecule has 9 heteroatoms. The maximum absolute atomic E-state index is 13.1. The highest BCUT2D eigenvalue weighted by Gasteiger charge is 2.24. The minimum atomic E-state index is -0.582. The van der Waals surface area contributed by atoms with E-state index in [-0.39, 0.29) is 11.7 Å². The molecule has 1 atom stereocenters. The van der Waals surface area contributed by atoms with Crippen molar-refractivity contribution in [1.82, 2.24) is 14.8 Å². The van der Waals surface area contributed by atoms with Gasteiger partial charge in [-0.05, 0) is 90.4 Å². The van der Waals surface area contributed by atoms with Crippen LogP contribution in [0, 0.1) is 6.92 Å². The largest absolute Gasteiger partial charge is 0.485 e. The van der Waals surface area contributed by atoms with Crippen LogP contribution in [0.3, 0.4) is 0 Å². The van der Waals surface area contributed by atoms with Crippen molar-refractivity contribution in [1.29, 1.82) is 0 Å². The summed E-state index contributed by atoms with van der Waals surface area (Å²) in [6.45, 7) is 5.72. The van der Waals surface area contributed by atoms with Crippen LogP contribution in [0.5, 0.6) is 5.75 Å². The molecule has 44 heavy (non-hydrogen) atoms. The fourth-order valence-electron chi connectivity index (χ4n) is 6.16. The zero-order chi connectivity index (χ0) is 30.6. The lowest BCUT2D eigenvalue weighted by Crippen LogP contribution is -2.37. The number of benzene rings is 3. The quantitative estimate of drug-likeness (QED) is 0.212. The molecule has 0 saturated carbocycles. The number of hydrogen-bond acceptors (Lipinski definition) is 7. The lowest BCUT2D eigenvalue weighted by atomic mass is 9.93. The normalized spacial score (nSPS) is 15.4. The molecule has 4 aromatic rings. The molecule has 3 aromatic carbocycles. The molecule has 0 saturated heterocycles. The highest BCUT2D eigenvalue weighted by Crippen LogP contribution is 2.30. The van der Waals surface area contributed by atoms with Crippen molar-refractivity contribution in [3.63, 3.8) is 0 Å². The van der Waals surface area contributed by atoms with Crippen LogP contribution in [0.2, 0.25) is 0 Å². The second-order valence-corrected chi connectivity index (χ2v) is 12.6. The first-order valence-electron chi connectivity index (χ1n) is 15.1. The Morgan fingerprint density at radius 1 is 1.00 bits per heavy atom. The molecule has 0 spiro atoms. The molecule has 0 aliphatic carbocycles. The molecule has 2 aliphatic rings. The molecule has 8 nitrogen and oxygen atoms in total. The van der Waals surface area contributed by atoms with Crippen molar-refractivity contribution in [2.24, 2.45) is 0 Å². The first kappa shape index (κ1) is 30.2. The van der Waals surface area contributed by atoms with Crippen LogP contribution in [-0.4, -0.2) is 57.3 Å². The molecule has 0 radical (unpaired) electrons. The van der Waals surface area contributed by atoms with E-state index in [9.17, 15) is 14.7 Å². The first-order valence-corrected chi connectivity index (χ1v) is 15.8. The maximum atomic E-state index is 13.1. The first-order chi connectivity index (χ1) is 21.3. The van der Waals surface area contributed by atoms with Gasteiger partial charge in [-0.3, -0.25) is 14.5 Å². The highest BCUT2D eigenvalue weighted by atomic mass is 79.9. The molecule has 2 aliphatic heterocycles. The Hall–Kier alpha value is -3.79. The third-order valence-electron chi connectivity index (χ3n) is 8.66. The number of carbonyl (C=O) groups excluding carboxylic acids is 2. The van der Waals surface area contributed by atoms with Crippen LogP contribution in [0.15, 0.2) is 76.1 Å². The third-order valence-corrected chi connectivity index (χ3v) is 9.19. The van der Waals surface area contributed by atoms with Crippen LogP contribution in [-0.2, 0) is 32.5 Å². The second kappa shape index (κ2) is 13.5. The number of hydrogen-bond donors (Lipinski definition) is 1. The second-order valence-electron chi connectivity index (χ2n) is 11.7.